The number of carbonyl (C=O) groups excluding carboxylic acids is 4. The largest absolute Gasteiger partial charge is 0.507 e. The predicted molar refractivity (Wildman–Crippen MR) is 153 cm³/mol. The molecule has 0 bridgehead atoms. The lowest BCUT2D eigenvalue weighted by Crippen LogP contribution is -2.42. The van der Waals surface area contributed by atoms with Crippen LogP contribution in [0.3, 0.4) is 0 Å². The summed E-state index contributed by atoms with van der Waals surface area (Å²) in [4.78, 5) is 50.0. The van der Waals surface area contributed by atoms with Crippen molar-refractivity contribution in [3.8, 4) is 17.2 Å². The normalized spacial score (nSPS) is 17.9. The van der Waals surface area contributed by atoms with Gasteiger partial charge in [0.2, 0.25) is 11.8 Å². The van der Waals surface area contributed by atoms with Crippen molar-refractivity contribution < 1.29 is 38.9 Å². The minimum Gasteiger partial charge on any atom is -0.507 e. The quantitative estimate of drug-likeness (QED) is 0.364. The molecular formula is C31H38N2O8. The van der Waals surface area contributed by atoms with Gasteiger partial charge in [0.25, 0.3) is 0 Å². The van der Waals surface area contributed by atoms with E-state index in [-0.39, 0.29) is 34.6 Å². The molecule has 220 valence electrons. The molecule has 1 heterocycles. The highest BCUT2D eigenvalue weighted by molar-refractivity contribution is 5.98. The molecule has 1 aliphatic rings. The fourth-order valence-electron chi connectivity index (χ4n) is 4.80. The molecule has 0 radical (unpaired) electrons. The van der Waals surface area contributed by atoms with Crippen molar-refractivity contribution >= 4 is 29.6 Å². The lowest BCUT2D eigenvalue weighted by Gasteiger charge is -2.24. The smallest absolute Gasteiger partial charge is 0.342 e. The number of cyclic esters (lactones) is 1. The first kappa shape index (κ1) is 31.2. The fourth-order valence-corrected chi connectivity index (χ4v) is 4.80. The molecule has 3 unspecified atom stereocenters. The van der Waals surface area contributed by atoms with E-state index in [0.717, 1.165) is 0 Å². The van der Waals surface area contributed by atoms with Gasteiger partial charge in [0.05, 0.1) is 13.2 Å². The number of nitrogens with two attached hydrogens (primary N) is 1. The van der Waals surface area contributed by atoms with Crippen LogP contribution in [0.2, 0.25) is 0 Å². The Morgan fingerprint density at radius 3 is 2.49 bits per heavy atom. The van der Waals surface area contributed by atoms with Crippen molar-refractivity contribution in [1.82, 2.24) is 5.32 Å². The maximum Gasteiger partial charge on any atom is 0.342 e. The number of rotatable bonds is 7. The van der Waals surface area contributed by atoms with E-state index in [1.807, 2.05) is 0 Å². The fraction of sp³-hybridized carbons (Fsp3) is 0.419. The summed E-state index contributed by atoms with van der Waals surface area (Å²) < 4.78 is 10.9. The number of carbonyl (C=O) groups is 4. The summed E-state index contributed by atoms with van der Waals surface area (Å²) in [5, 5.41) is 25.3. The topological polar surface area (TPSA) is 165 Å². The second-order valence-corrected chi connectivity index (χ2v) is 10.3. The van der Waals surface area contributed by atoms with Crippen molar-refractivity contribution in [1.29, 1.82) is 0 Å². The van der Waals surface area contributed by atoms with E-state index < -0.39 is 41.6 Å². The molecule has 3 rings (SSSR count). The number of allylic oxidation sites excluding steroid dienone is 1. The SMILES string of the molecule is COc1ccc(C(CC(=O)NC(C)C(N)=O)c2c(O)cc3c(c2O)C(=O)OC(C)CCCC(=O)CCCC=C3)cc1. The zero-order valence-corrected chi connectivity index (χ0v) is 23.6. The number of esters is 1. The van der Waals surface area contributed by atoms with Gasteiger partial charge in [0, 0.05) is 30.7 Å². The van der Waals surface area contributed by atoms with Gasteiger partial charge < -0.3 is 30.7 Å². The summed E-state index contributed by atoms with van der Waals surface area (Å²) in [6.45, 7) is 3.16. The van der Waals surface area contributed by atoms with Crippen LogP contribution in [0.1, 0.15) is 91.8 Å². The molecule has 1 aliphatic heterocycles. The molecule has 2 aromatic carbocycles. The zero-order valence-electron chi connectivity index (χ0n) is 23.6. The lowest BCUT2D eigenvalue weighted by molar-refractivity contribution is -0.127. The summed E-state index contributed by atoms with van der Waals surface area (Å²) >= 11 is 0. The van der Waals surface area contributed by atoms with Crippen molar-refractivity contribution in [2.24, 2.45) is 5.73 Å². The highest BCUT2D eigenvalue weighted by atomic mass is 16.5. The Balaban J connectivity index is 2.13. The van der Waals surface area contributed by atoms with Crippen molar-refractivity contribution in [2.75, 3.05) is 7.11 Å². The molecule has 41 heavy (non-hydrogen) atoms. The maximum absolute atomic E-state index is 13.4. The molecule has 0 saturated carbocycles. The third-order valence-corrected chi connectivity index (χ3v) is 7.11. The number of Topliss-reactive ketones (excluding diaryl/α,β-unsaturated/α-hetero) is 1. The third-order valence-electron chi connectivity index (χ3n) is 7.11. The number of hydrogen-bond donors (Lipinski definition) is 4. The standard InChI is InChI=1S/C31H38N2O8/c1-18-8-7-11-22(34)10-6-4-5-9-21-16-25(35)28(29(37)27(21)31(39)41-18)24(17-26(36)33-19(2)30(32)38)20-12-14-23(40-3)15-13-20/h5,9,12-16,18-19,24,35,37H,4,6-8,10-11,17H2,1-3H3,(H2,32,38)(H,33,36). The van der Waals surface area contributed by atoms with Gasteiger partial charge in [-0.1, -0.05) is 24.3 Å². The number of nitrogens with one attached hydrogen (secondary N) is 1. The first-order valence-electron chi connectivity index (χ1n) is 13.7. The van der Waals surface area contributed by atoms with Crippen LogP contribution in [0.5, 0.6) is 17.2 Å². The first-order chi connectivity index (χ1) is 19.5. The lowest BCUT2D eigenvalue weighted by atomic mass is 9.84. The Morgan fingerprint density at radius 1 is 1.15 bits per heavy atom. The number of amides is 2. The Morgan fingerprint density at radius 2 is 1.83 bits per heavy atom. The number of ketones is 1. The average molecular weight is 567 g/mol. The number of primary amides is 1. The second kappa shape index (κ2) is 14.3. The van der Waals surface area contributed by atoms with Crippen molar-refractivity contribution in [3.63, 3.8) is 0 Å². The highest BCUT2D eigenvalue weighted by Crippen LogP contribution is 2.44. The van der Waals surface area contributed by atoms with Crippen LogP contribution in [0.25, 0.3) is 6.08 Å². The van der Waals surface area contributed by atoms with Gasteiger partial charge in [-0.25, -0.2) is 4.79 Å². The van der Waals surface area contributed by atoms with E-state index in [0.29, 0.717) is 49.8 Å². The number of hydrogen-bond acceptors (Lipinski definition) is 8. The van der Waals surface area contributed by atoms with Crippen LogP contribution in [0.15, 0.2) is 36.4 Å². The van der Waals surface area contributed by atoms with Crippen LogP contribution < -0.4 is 15.8 Å². The third kappa shape index (κ3) is 8.33. The summed E-state index contributed by atoms with van der Waals surface area (Å²) in [7, 11) is 1.51. The molecule has 0 aromatic heterocycles. The van der Waals surface area contributed by atoms with Gasteiger partial charge in [-0.3, -0.25) is 14.4 Å². The predicted octanol–water partition coefficient (Wildman–Crippen LogP) is 4.10. The molecule has 3 atom stereocenters. The van der Waals surface area contributed by atoms with Crippen molar-refractivity contribution in [2.45, 2.75) is 76.9 Å². The van der Waals surface area contributed by atoms with Gasteiger partial charge >= 0.3 is 5.97 Å². The summed E-state index contributed by atoms with van der Waals surface area (Å²) in [5.41, 5.74) is 5.90. The van der Waals surface area contributed by atoms with Crippen LogP contribution in [-0.4, -0.2) is 53.0 Å². The summed E-state index contributed by atoms with van der Waals surface area (Å²) in [6.07, 6.45) is 5.67. The molecule has 0 spiro atoms. The van der Waals surface area contributed by atoms with E-state index in [4.69, 9.17) is 15.2 Å². The van der Waals surface area contributed by atoms with E-state index in [1.54, 1.807) is 43.3 Å². The molecule has 10 heteroatoms. The van der Waals surface area contributed by atoms with E-state index >= 15 is 0 Å². The van der Waals surface area contributed by atoms with Gasteiger partial charge in [0.15, 0.2) is 0 Å². The number of methoxy groups -OCH3 is 1. The van der Waals surface area contributed by atoms with Gasteiger partial charge in [0.1, 0.15) is 34.6 Å². The minimum atomic E-state index is -0.942. The molecule has 10 nitrogen and oxygen atoms in total. The molecule has 5 N–H and O–H groups in total. The van der Waals surface area contributed by atoms with Crippen LogP contribution in [0.4, 0.5) is 0 Å². The molecular weight excluding hydrogens is 528 g/mol. The number of fused-ring (bicyclic) bond motifs is 1. The van der Waals surface area contributed by atoms with Crippen molar-refractivity contribution in [3.05, 3.63) is 58.7 Å². The molecule has 2 aromatic rings. The molecule has 0 saturated heterocycles. The Bertz CT molecular complexity index is 1300. The van der Waals surface area contributed by atoms with Gasteiger partial charge in [-0.05, 0) is 68.9 Å². The first-order valence-corrected chi connectivity index (χ1v) is 13.7. The molecule has 2 amide bonds. The number of ether oxygens (including phenoxy) is 2. The monoisotopic (exact) mass is 566 g/mol. The van der Waals surface area contributed by atoms with Crippen LogP contribution >= 0.6 is 0 Å². The number of aromatic hydroxyl groups is 2. The Kier molecular flexibility index (Phi) is 10.9. The maximum atomic E-state index is 13.4. The van der Waals surface area contributed by atoms with Gasteiger partial charge in [-0.2, -0.15) is 0 Å². The average Bonchev–Trinajstić information content (AvgIpc) is 2.91. The van der Waals surface area contributed by atoms with E-state index in [9.17, 15) is 29.4 Å². The van der Waals surface area contributed by atoms with Crippen LogP contribution in [-0.2, 0) is 19.1 Å². The minimum absolute atomic E-state index is 0.0412. The molecule has 0 fully saturated rings. The number of phenolic OH excluding ortho intramolecular Hbond substituents is 2. The second-order valence-electron chi connectivity index (χ2n) is 10.3. The highest BCUT2D eigenvalue weighted by Gasteiger charge is 2.31. The van der Waals surface area contributed by atoms with E-state index in [1.165, 1.54) is 20.1 Å². The number of phenols is 2. The summed E-state index contributed by atoms with van der Waals surface area (Å²) in [6, 6.07) is 7.11. The Labute approximate surface area is 239 Å². The Hall–Kier alpha value is -4.34. The van der Waals surface area contributed by atoms with Gasteiger partial charge in [-0.15, -0.1) is 0 Å². The van der Waals surface area contributed by atoms with E-state index in [2.05, 4.69) is 5.32 Å². The summed E-state index contributed by atoms with van der Waals surface area (Å²) in [5.74, 6) is -3.11. The number of benzene rings is 2. The molecule has 0 aliphatic carbocycles. The zero-order chi connectivity index (χ0) is 30.1. The van der Waals surface area contributed by atoms with Crippen LogP contribution in [0, 0.1) is 0 Å².